The lowest BCUT2D eigenvalue weighted by atomic mass is 10.00. The normalized spacial score (nSPS) is 10.0. The number of fused-ring (bicyclic) bond motifs is 1. The second kappa shape index (κ2) is 8.50. The third-order valence-corrected chi connectivity index (χ3v) is 3.85. The zero-order chi connectivity index (χ0) is 19.9. The molecule has 2 N–H and O–H groups in total. The Hall–Kier alpha value is -4.13. The van der Waals surface area contributed by atoms with Gasteiger partial charge in [0.1, 0.15) is 0 Å². The van der Waals surface area contributed by atoms with E-state index in [1.807, 2.05) is 30.5 Å². The summed E-state index contributed by atoms with van der Waals surface area (Å²) in [5, 5.41) is 19.3. The molecule has 7 heteroatoms. The number of carboxylic acid groups (broad SMARTS) is 2. The van der Waals surface area contributed by atoms with Gasteiger partial charge in [0.2, 0.25) is 0 Å². The third kappa shape index (κ3) is 4.16. The number of hydrogen-bond donors (Lipinski definition) is 2. The van der Waals surface area contributed by atoms with Crippen molar-refractivity contribution in [2.24, 2.45) is 0 Å². The van der Waals surface area contributed by atoms with Gasteiger partial charge in [-0.15, -0.1) is 0 Å². The lowest BCUT2D eigenvalue weighted by Crippen LogP contribution is -2.09. The maximum absolute atomic E-state index is 11.1. The van der Waals surface area contributed by atoms with Crippen molar-refractivity contribution in [1.29, 1.82) is 0 Å². The second-order valence-corrected chi connectivity index (χ2v) is 5.63. The summed E-state index contributed by atoms with van der Waals surface area (Å²) < 4.78 is 0. The van der Waals surface area contributed by atoms with E-state index >= 15 is 0 Å². The lowest BCUT2D eigenvalue weighted by molar-refractivity contribution is 0.0691. The predicted octanol–water partition coefficient (Wildman–Crippen LogP) is 3.77. The van der Waals surface area contributed by atoms with Crippen molar-refractivity contribution in [3.63, 3.8) is 0 Å². The van der Waals surface area contributed by atoms with Gasteiger partial charge >= 0.3 is 11.9 Å². The number of hydrogen-bond acceptors (Lipinski definition) is 5. The molecule has 0 fully saturated rings. The third-order valence-electron chi connectivity index (χ3n) is 3.85. The molecule has 0 bridgehead atoms. The fourth-order valence-corrected chi connectivity index (χ4v) is 2.62. The second-order valence-electron chi connectivity index (χ2n) is 5.63. The van der Waals surface area contributed by atoms with Crippen molar-refractivity contribution in [1.82, 2.24) is 15.0 Å². The maximum atomic E-state index is 11.1. The van der Waals surface area contributed by atoms with Crippen molar-refractivity contribution >= 4 is 22.8 Å². The van der Waals surface area contributed by atoms with Gasteiger partial charge in [-0.25, -0.2) is 14.6 Å². The highest BCUT2D eigenvalue weighted by molar-refractivity contribution is 6.03. The van der Waals surface area contributed by atoms with E-state index in [0.29, 0.717) is 5.56 Å². The van der Waals surface area contributed by atoms with Gasteiger partial charge < -0.3 is 10.2 Å². The SMILES string of the molecule is O=C(O)c1ccnc(C(=O)O)c1-c1cccnc1.c1ccc2ncccc2c1. The van der Waals surface area contributed by atoms with E-state index < -0.39 is 11.9 Å². The minimum atomic E-state index is -1.28. The van der Waals surface area contributed by atoms with Crippen molar-refractivity contribution in [2.45, 2.75) is 0 Å². The van der Waals surface area contributed by atoms with E-state index in [1.54, 1.807) is 12.1 Å². The Labute approximate surface area is 160 Å². The minimum absolute atomic E-state index is 0.0607. The van der Waals surface area contributed by atoms with Crippen LogP contribution in [0.4, 0.5) is 0 Å². The van der Waals surface area contributed by atoms with Crippen molar-refractivity contribution in [3.8, 4) is 11.1 Å². The van der Waals surface area contributed by atoms with Gasteiger partial charge in [-0.3, -0.25) is 9.97 Å². The van der Waals surface area contributed by atoms with Gasteiger partial charge in [0.05, 0.1) is 11.1 Å². The summed E-state index contributed by atoms with van der Waals surface area (Å²) in [6.07, 6.45) is 5.88. The van der Waals surface area contributed by atoms with E-state index in [2.05, 4.69) is 27.1 Å². The Morgan fingerprint density at radius 1 is 0.750 bits per heavy atom. The Bertz CT molecular complexity index is 1030. The number of benzene rings is 1. The maximum Gasteiger partial charge on any atom is 0.355 e. The molecule has 0 aliphatic rings. The number of carbonyl (C=O) groups is 2. The molecule has 0 aliphatic carbocycles. The van der Waals surface area contributed by atoms with Crippen LogP contribution in [0.2, 0.25) is 0 Å². The molecule has 0 aliphatic heterocycles. The summed E-state index contributed by atoms with van der Waals surface area (Å²) in [5.74, 6) is -2.49. The number of para-hydroxylation sites is 1. The quantitative estimate of drug-likeness (QED) is 0.562. The Kier molecular flexibility index (Phi) is 5.66. The smallest absolute Gasteiger partial charge is 0.355 e. The van der Waals surface area contributed by atoms with Crippen molar-refractivity contribution in [3.05, 3.63) is 90.6 Å². The molecule has 0 atom stereocenters. The number of rotatable bonds is 3. The zero-order valence-corrected chi connectivity index (χ0v) is 14.6. The molecule has 3 heterocycles. The molecule has 4 rings (SSSR count). The standard InChI is InChI=1S/C12H8N2O4.C9H7N/c15-11(16)8-3-5-14-10(12(17)18)9(8)7-2-1-4-13-6-7;1-2-6-9-8(4-1)5-3-7-10-9/h1-6H,(H,15,16)(H,17,18);1-7H. The van der Waals surface area contributed by atoms with Gasteiger partial charge in [0, 0.05) is 41.3 Å². The van der Waals surface area contributed by atoms with E-state index in [9.17, 15) is 9.59 Å². The highest BCUT2D eigenvalue weighted by atomic mass is 16.4. The van der Waals surface area contributed by atoms with E-state index in [1.165, 1.54) is 23.8 Å². The largest absolute Gasteiger partial charge is 0.478 e. The molecule has 0 spiro atoms. The first-order chi connectivity index (χ1) is 13.6. The minimum Gasteiger partial charge on any atom is -0.478 e. The molecule has 4 aromatic rings. The molecule has 0 amide bonds. The van der Waals surface area contributed by atoms with Crippen LogP contribution in [0.15, 0.2) is 79.4 Å². The molecule has 0 unspecified atom stereocenters. The molecule has 1 aromatic carbocycles. The van der Waals surface area contributed by atoms with Crippen LogP contribution in [0.3, 0.4) is 0 Å². The number of aromatic nitrogens is 3. The molecule has 7 nitrogen and oxygen atoms in total. The van der Waals surface area contributed by atoms with Crippen LogP contribution in [0, 0.1) is 0 Å². The summed E-state index contributed by atoms with van der Waals surface area (Å²) in [5.41, 5.74) is 1.11. The van der Waals surface area contributed by atoms with Crippen LogP contribution >= 0.6 is 0 Å². The summed E-state index contributed by atoms with van der Waals surface area (Å²) in [7, 11) is 0. The first kappa shape index (κ1) is 18.7. The van der Waals surface area contributed by atoms with Crippen molar-refractivity contribution in [2.75, 3.05) is 0 Å². The van der Waals surface area contributed by atoms with Gasteiger partial charge in [0.25, 0.3) is 0 Å². The summed E-state index contributed by atoms with van der Waals surface area (Å²) >= 11 is 0. The van der Waals surface area contributed by atoms with Crippen LogP contribution in [-0.2, 0) is 0 Å². The number of nitrogens with zero attached hydrogens (tertiary/aromatic N) is 3. The first-order valence-electron chi connectivity index (χ1n) is 8.23. The van der Waals surface area contributed by atoms with Gasteiger partial charge in [0.15, 0.2) is 5.69 Å². The summed E-state index contributed by atoms with van der Waals surface area (Å²) in [6.45, 7) is 0. The Morgan fingerprint density at radius 3 is 2.18 bits per heavy atom. The van der Waals surface area contributed by atoms with Gasteiger partial charge in [-0.2, -0.15) is 0 Å². The number of aromatic carboxylic acids is 2. The van der Waals surface area contributed by atoms with Crippen LogP contribution in [0.25, 0.3) is 22.0 Å². The van der Waals surface area contributed by atoms with Crippen LogP contribution in [0.1, 0.15) is 20.8 Å². The molecule has 138 valence electrons. The van der Waals surface area contributed by atoms with Crippen LogP contribution in [-0.4, -0.2) is 37.1 Å². The number of pyridine rings is 3. The molecular weight excluding hydrogens is 358 g/mol. The van der Waals surface area contributed by atoms with E-state index in [-0.39, 0.29) is 16.8 Å². The summed E-state index contributed by atoms with van der Waals surface area (Å²) in [6, 6.07) is 16.5. The molecular formula is C21H15N3O4. The monoisotopic (exact) mass is 373 g/mol. The Morgan fingerprint density at radius 2 is 1.50 bits per heavy atom. The molecule has 0 saturated carbocycles. The molecule has 28 heavy (non-hydrogen) atoms. The fourth-order valence-electron chi connectivity index (χ4n) is 2.62. The molecule has 0 radical (unpaired) electrons. The van der Waals surface area contributed by atoms with Crippen molar-refractivity contribution < 1.29 is 19.8 Å². The van der Waals surface area contributed by atoms with E-state index in [0.717, 1.165) is 11.7 Å². The van der Waals surface area contributed by atoms with Gasteiger partial charge in [-0.1, -0.05) is 30.3 Å². The van der Waals surface area contributed by atoms with Crippen LogP contribution in [0.5, 0.6) is 0 Å². The molecule has 3 aromatic heterocycles. The first-order valence-corrected chi connectivity index (χ1v) is 8.23. The summed E-state index contributed by atoms with van der Waals surface area (Å²) in [4.78, 5) is 34.0. The van der Waals surface area contributed by atoms with Crippen LogP contribution < -0.4 is 0 Å². The number of carboxylic acids is 2. The predicted molar refractivity (Wildman–Crippen MR) is 103 cm³/mol. The molecule has 0 saturated heterocycles. The topological polar surface area (TPSA) is 113 Å². The van der Waals surface area contributed by atoms with Gasteiger partial charge in [-0.05, 0) is 24.3 Å². The highest BCUT2D eigenvalue weighted by Gasteiger charge is 2.20. The Balaban J connectivity index is 0.000000188. The fraction of sp³-hybridized carbons (Fsp3) is 0. The lowest BCUT2D eigenvalue weighted by Gasteiger charge is -2.08. The average Bonchev–Trinajstić information content (AvgIpc) is 2.74. The highest BCUT2D eigenvalue weighted by Crippen LogP contribution is 2.26. The zero-order valence-electron chi connectivity index (χ0n) is 14.6. The van der Waals surface area contributed by atoms with E-state index in [4.69, 9.17) is 10.2 Å². The average molecular weight is 373 g/mol.